The number of rotatable bonds is 18. The highest BCUT2D eigenvalue weighted by molar-refractivity contribution is 5.83. The van der Waals surface area contributed by atoms with Gasteiger partial charge in [0.25, 0.3) is 0 Å². The fraction of sp³-hybridized carbons (Fsp3) is 0.905. The molecule has 0 bridgehead atoms. The van der Waals surface area contributed by atoms with Crippen molar-refractivity contribution in [2.24, 2.45) is 5.92 Å². The molecule has 0 aromatic carbocycles. The number of carbonyl (C=O) groups excluding carboxylic acids is 1. The van der Waals surface area contributed by atoms with Gasteiger partial charge in [0.05, 0.1) is 5.92 Å². The van der Waals surface area contributed by atoms with Crippen LogP contribution in [-0.2, 0) is 9.59 Å². The maximum Gasteiger partial charge on any atom is 0.306 e. The van der Waals surface area contributed by atoms with E-state index >= 15 is 0 Å². The molecular formula is C21H40O3. The van der Waals surface area contributed by atoms with Gasteiger partial charge in [-0.1, -0.05) is 90.9 Å². The molecule has 0 radical (unpaired) electrons. The van der Waals surface area contributed by atoms with E-state index in [0.29, 0.717) is 12.8 Å². The average Bonchev–Trinajstić information content (AvgIpc) is 2.54. The molecule has 0 heterocycles. The Morgan fingerprint density at radius 2 is 1.17 bits per heavy atom. The van der Waals surface area contributed by atoms with Crippen LogP contribution in [0.1, 0.15) is 117 Å². The Labute approximate surface area is 149 Å². The first kappa shape index (κ1) is 23.1. The van der Waals surface area contributed by atoms with Crippen molar-refractivity contribution in [3.8, 4) is 0 Å². The highest BCUT2D eigenvalue weighted by Crippen LogP contribution is 2.18. The lowest BCUT2D eigenvalue weighted by atomic mass is 9.94. The largest absolute Gasteiger partial charge is 0.481 e. The second kappa shape index (κ2) is 17.0. The van der Waals surface area contributed by atoms with Gasteiger partial charge in [-0.15, -0.1) is 0 Å². The molecule has 3 heteroatoms. The fourth-order valence-electron chi connectivity index (χ4n) is 3.20. The van der Waals surface area contributed by atoms with Gasteiger partial charge in [0.2, 0.25) is 0 Å². The monoisotopic (exact) mass is 340 g/mol. The molecule has 24 heavy (non-hydrogen) atoms. The highest BCUT2D eigenvalue weighted by Gasteiger charge is 2.20. The van der Waals surface area contributed by atoms with E-state index in [9.17, 15) is 14.7 Å². The van der Waals surface area contributed by atoms with Gasteiger partial charge in [-0.05, 0) is 12.8 Å². The smallest absolute Gasteiger partial charge is 0.306 e. The molecule has 0 aromatic rings. The lowest BCUT2D eigenvalue weighted by Gasteiger charge is -2.11. The Morgan fingerprint density at radius 3 is 1.58 bits per heavy atom. The first-order valence-electron chi connectivity index (χ1n) is 10.4. The summed E-state index contributed by atoms with van der Waals surface area (Å²) in [6, 6.07) is 0. The molecule has 0 rings (SSSR count). The van der Waals surface area contributed by atoms with Crippen molar-refractivity contribution < 1.29 is 14.7 Å². The number of carboxylic acid groups (broad SMARTS) is 1. The van der Waals surface area contributed by atoms with E-state index in [2.05, 4.69) is 6.92 Å². The van der Waals surface area contributed by atoms with E-state index < -0.39 is 11.9 Å². The molecule has 0 spiro atoms. The van der Waals surface area contributed by atoms with Crippen LogP contribution in [0.15, 0.2) is 0 Å². The third kappa shape index (κ3) is 14.7. The Kier molecular flexibility index (Phi) is 16.4. The summed E-state index contributed by atoms with van der Waals surface area (Å²) in [6.07, 6.45) is 17.6. The standard InChI is InChI=1S/C21H40O3/c1-3-5-6-7-8-9-10-11-12-13-14-15-17-19(21(23)24)18-20(22)16-4-2/h19H,3-18H2,1-2H3,(H,23,24). The maximum atomic E-state index is 11.6. The number of hydrogen-bond donors (Lipinski definition) is 1. The number of carboxylic acids is 1. The van der Waals surface area contributed by atoms with E-state index in [-0.39, 0.29) is 12.2 Å². The van der Waals surface area contributed by atoms with E-state index in [4.69, 9.17) is 0 Å². The molecule has 3 nitrogen and oxygen atoms in total. The molecule has 0 amide bonds. The molecule has 1 N–H and O–H groups in total. The van der Waals surface area contributed by atoms with Crippen LogP contribution >= 0.6 is 0 Å². The molecule has 0 aliphatic carbocycles. The topological polar surface area (TPSA) is 54.4 Å². The summed E-state index contributed by atoms with van der Waals surface area (Å²) in [4.78, 5) is 22.8. The van der Waals surface area contributed by atoms with Gasteiger partial charge < -0.3 is 5.11 Å². The zero-order valence-electron chi connectivity index (χ0n) is 16.2. The zero-order valence-corrected chi connectivity index (χ0v) is 16.2. The summed E-state index contributed by atoms with van der Waals surface area (Å²) in [5, 5.41) is 9.22. The number of hydrogen-bond acceptors (Lipinski definition) is 2. The van der Waals surface area contributed by atoms with Crippen LogP contribution in [0.2, 0.25) is 0 Å². The molecular weight excluding hydrogens is 300 g/mol. The van der Waals surface area contributed by atoms with E-state index in [1.54, 1.807) is 0 Å². The Morgan fingerprint density at radius 1 is 0.708 bits per heavy atom. The minimum atomic E-state index is -0.803. The van der Waals surface area contributed by atoms with Crippen LogP contribution in [0.25, 0.3) is 0 Å². The molecule has 0 fully saturated rings. The van der Waals surface area contributed by atoms with E-state index in [1.165, 1.54) is 64.2 Å². The third-order valence-electron chi connectivity index (χ3n) is 4.76. The van der Waals surface area contributed by atoms with Gasteiger partial charge in [0.15, 0.2) is 0 Å². The first-order valence-corrected chi connectivity index (χ1v) is 10.4. The average molecular weight is 341 g/mol. The summed E-state index contributed by atoms with van der Waals surface area (Å²) in [5.41, 5.74) is 0. The summed E-state index contributed by atoms with van der Waals surface area (Å²) >= 11 is 0. The van der Waals surface area contributed by atoms with Gasteiger partial charge >= 0.3 is 5.97 Å². The second-order valence-electron chi connectivity index (χ2n) is 7.21. The fourth-order valence-corrected chi connectivity index (χ4v) is 3.20. The number of Topliss-reactive ketones (excluding diaryl/α,β-unsaturated/α-hetero) is 1. The second-order valence-corrected chi connectivity index (χ2v) is 7.21. The number of unbranched alkanes of at least 4 members (excludes halogenated alkanes) is 11. The highest BCUT2D eigenvalue weighted by atomic mass is 16.4. The van der Waals surface area contributed by atoms with Gasteiger partial charge in [-0.25, -0.2) is 0 Å². The van der Waals surface area contributed by atoms with Crippen molar-refractivity contribution in [1.82, 2.24) is 0 Å². The Hall–Kier alpha value is -0.860. The molecule has 1 unspecified atom stereocenters. The van der Waals surface area contributed by atoms with Crippen molar-refractivity contribution in [2.75, 3.05) is 0 Å². The zero-order chi connectivity index (χ0) is 18.0. The van der Waals surface area contributed by atoms with Gasteiger partial charge in [-0.3, -0.25) is 9.59 Å². The normalized spacial score (nSPS) is 12.2. The third-order valence-corrected chi connectivity index (χ3v) is 4.76. The SMILES string of the molecule is CCCCCCCCCCCCCCC(CC(=O)CCC)C(=O)O. The van der Waals surface area contributed by atoms with Crippen LogP contribution in [0.5, 0.6) is 0 Å². The summed E-state index contributed by atoms with van der Waals surface area (Å²) in [5.74, 6) is -1.17. The molecule has 0 aliphatic rings. The summed E-state index contributed by atoms with van der Waals surface area (Å²) in [6.45, 7) is 4.21. The molecule has 0 saturated carbocycles. The molecule has 0 aromatic heterocycles. The predicted octanol–water partition coefficient (Wildman–Crippen LogP) is 6.54. The predicted molar refractivity (Wildman–Crippen MR) is 101 cm³/mol. The lowest BCUT2D eigenvalue weighted by molar-refractivity contribution is -0.144. The number of ketones is 1. The summed E-state index contributed by atoms with van der Waals surface area (Å²) < 4.78 is 0. The van der Waals surface area contributed by atoms with Crippen molar-refractivity contribution >= 4 is 11.8 Å². The van der Waals surface area contributed by atoms with E-state index in [0.717, 1.165) is 19.3 Å². The van der Waals surface area contributed by atoms with Gasteiger partial charge in [0, 0.05) is 12.8 Å². The van der Waals surface area contributed by atoms with Crippen LogP contribution in [0.4, 0.5) is 0 Å². The van der Waals surface area contributed by atoms with Crippen molar-refractivity contribution in [2.45, 2.75) is 117 Å². The van der Waals surface area contributed by atoms with Crippen LogP contribution in [-0.4, -0.2) is 16.9 Å². The van der Waals surface area contributed by atoms with Crippen LogP contribution in [0, 0.1) is 5.92 Å². The molecule has 0 aliphatic heterocycles. The number of carbonyl (C=O) groups is 2. The Bertz CT molecular complexity index is 312. The van der Waals surface area contributed by atoms with Crippen LogP contribution < -0.4 is 0 Å². The van der Waals surface area contributed by atoms with E-state index in [1.807, 2.05) is 6.92 Å². The Balaban J connectivity index is 3.49. The van der Waals surface area contributed by atoms with Gasteiger partial charge in [0.1, 0.15) is 5.78 Å². The quantitative estimate of drug-likeness (QED) is 0.288. The van der Waals surface area contributed by atoms with Crippen molar-refractivity contribution in [3.63, 3.8) is 0 Å². The molecule has 1 atom stereocenters. The van der Waals surface area contributed by atoms with Gasteiger partial charge in [-0.2, -0.15) is 0 Å². The molecule has 142 valence electrons. The molecule has 0 saturated heterocycles. The lowest BCUT2D eigenvalue weighted by Crippen LogP contribution is -2.17. The minimum Gasteiger partial charge on any atom is -0.481 e. The first-order chi connectivity index (χ1) is 11.6. The summed E-state index contributed by atoms with van der Waals surface area (Å²) in [7, 11) is 0. The maximum absolute atomic E-state index is 11.6. The van der Waals surface area contributed by atoms with Crippen molar-refractivity contribution in [3.05, 3.63) is 0 Å². The number of aliphatic carboxylic acids is 1. The van der Waals surface area contributed by atoms with Crippen LogP contribution in [0.3, 0.4) is 0 Å². The van der Waals surface area contributed by atoms with Crippen molar-refractivity contribution in [1.29, 1.82) is 0 Å². The minimum absolute atomic E-state index is 0.101.